The van der Waals surface area contributed by atoms with Gasteiger partial charge in [-0.15, -0.1) is 0 Å². The molecule has 0 aliphatic rings. The molecule has 0 bridgehead atoms. The molecule has 2 aromatic rings. The van der Waals surface area contributed by atoms with Gasteiger partial charge < -0.3 is 9.47 Å². The molecule has 0 aliphatic heterocycles. The number of sulfonamides is 1. The summed E-state index contributed by atoms with van der Waals surface area (Å²) in [5.74, 6) is 1.05. The summed E-state index contributed by atoms with van der Waals surface area (Å²) in [6, 6.07) is 11.6. The van der Waals surface area contributed by atoms with E-state index in [9.17, 15) is 13.2 Å². The maximum absolute atomic E-state index is 12.7. The molecule has 0 saturated heterocycles. The smallest absolute Gasteiger partial charge is 0.242 e. The van der Waals surface area contributed by atoms with E-state index in [0.29, 0.717) is 30.0 Å². The van der Waals surface area contributed by atoms with Crippen LogP contribution >= 0.6 is 0 Å². The molecule has 0 spiro atoms. The van der Waals surface area contributed by atoms with E-state index in [2.05, 4.69) is 0 Å². The molecule has 0 aliphatic carbocycles. The molecule has 0 fully saturated rings. The number of hydrogen-bond donors (Lipinski definition) is 0. The highest BCUT2D eigenvalue weighted by atomic mass is 32.2. The first-order valence-corrected chi connectivity index (χ1v) is 9.52. The van der Waals surface area contributed by atoms with Gasteiger partial charge in [0.05, 0.1) is 19.1 Å². The number of methoxy groups -OCH3 is 2. The van der Waals surface area contributed by atoms with Crippen LogP contribution in [-0.4, -0.2) is 46.3 Å². The number of Topliss-reactive ketones (excluding diaryl/α,β-unsaturated/α-hetero) is 1. The van der Waals surface area contributed by atoms with Crippen LogP contribution in [0.5, 0.6) is 11.5 Å². The lowest BCUT2D eigenvalue weighted by molar-refractivity contribution is 0.101. The SMILES string of the molecule is COc1ccc(CCN(C)S(=O)(=O)c2cccc(C(C)=O)c2)cc1OC. The van der Waals surface area contributed by atoms with Gasteiger partial charge in [-0.1, -0.05) is 18.2 Å². The Kier molecular flexibility index (Phi) is 6.39. The van der Waals surface area contributed by atoms with Gasteiger partial charge in [0.2, 0.25) is 10.0 Å². The number of nitrogens with zero attached hydrogens (tertiary/aromatic N) is 1. The van der Waals surface area contributed by atoms with Gasteiger partial charge in [0, 0.05) is 19.2 Å². The number of benzene rings is 2. The summed E-state index contributed by atoms with van der Waals surface area (Å²) in [6.07, 6.45) is 0.516. The van der Waals surface area contributed by atoms with Crippen molar-refractivity contribution in [1.82, 2.24) is 4.31 Å². The van der Waals surface area contributed by atoms with Gasteiger partial charge in [-0.2, -0.15) is 0 Å². The van der Waals surface area contributed by atoms with Crippen LogP contribution in [0.25, 0.3) is 0 Å². The molecule has 26 heavy (non-hydrogen) atoms. The zero-order valence-electron chi connectivity index (χ0n) is 15.4. The second kappa shape index (κ2) is 8.33. The predicted octanol–water partition coefficient (Wildman–Crippen LogP) is 2.77. The first-order valence-electron chi connectivity index (χ1n) is 8.08. The standard InChI is InChI=1S/C19H23NO5S/c1-14(21)16-6-5-7-17(13-16)26(22,23)20(2)11-10-15-8-9-18(24-3)19(12-15)25-4/h5-9,12-13H,10-11H2,1-4H3. The molecule has 0 aromatic heterocycles. The molecular formula is C19H23NO5S. The van der Waals surface area contributed by atoms with E-state index < -0.39 is 10.0 Å². The number of ether oxygens (including phenoxy) is 2. The van der Waals surface area contributed by atoms with E-state index in [-0.39, 0.29) is 10.7 Å². The number of hydrogen-bond acceptors (Lipinski definition) is 5. The molecule has 6 nitrogen and oxygen atoms in total. The Hall–Kier alpha value is -2.38. The summed E-state index contributed by atoms with van der Waals surface area (Å²) in [6.45, 7) is 1.70. The maximum atomic E-state index is 12.7. The van der Waals surface area contributed by atoms with Crippen LogP contribution in [0, 0.1) is 0 Å². The largest absolute Gasteiger partial charge is 0.493 e. The van der Waals surface area contributed by atoms with Crippen molar-refractivity contribution >= 4 is 15.8 Å². The fourth-order valence-corrected chi connectivity index (χ4v) is 3.72. The van der Waals surface area contributed by atoms with E-state index in [1.54, 1.807) is 32.4 Å². The Morgan fingerprint density at radius 1 is 1.04 bits per heavy atom. The lowest BCUT2D eigenvalue weighted by Gasteiger charge is -2.18. The van der Waals surface area contributed by atoms with Gasteiger partial charge in [0.15, 0.2) is 17.3 Å². The van der Waals surface area contributed by atoms with E-state index in [1.165, 1.54) is 30.4 Å². The van der Waals surface area contributed by atoms with Crippen LogP contribution in [0.2, 0.25) is 0 Å². The normalized spacial score (nSPS) is 11.4. The molecule has 0 heterocycles. The Morgan fingerprint density at radius 3 is 2.35 bits per heavy atom. The zero-order valence-corrected chi connectivity index (χ0v) is 16.2. The van der Waals surface area contributed by atoms with Crippen LogP contribution in [0.4, 0.5) is 0 Å². The van der Waals surface area contributed by atoms with Crippen LogP contribution in [0.3, 0.4) is 0 Å². The van der Waals surface area contributed by atoms with Crippen molar-refractivity contribution in [2.75, 3.05) is 27.8 Å². The van der Waals surface area contributed by atoms with Gasteiger partial charge in [-0.3, -0.25) is 4.79 Å². The van der Waals surface area contributed by atoms with Gasteiger partial charge in [0.1, 0.15) is 0 Å². The first kappa shape index (κ1) is 19.9. The van der Waals surface area contributed by atoms with Crippen molar-refractivity contribution in [2.24, 2.45) is 0 Å². The van der Waals surface area contributed by atoms with E-state index >= 15 is 0 Å². The average Bonchev–Trinajstić information content (AvgIpc) is 2.65. The Labute approximate surface area is 154 Å². The van der Waals surface area contributed by atoms with Crippen molar-refractivity contribution in [3.8, 4) is 11.5 Å². The van der Waals surface area contributed by atoms with Gasteiger partial charge >= 0.3 is 0 Å². The summed E-state index contributed by atoms with van der Waals surface area (Å²) in [5, 5.41) is 0. The van der Waals surface area contributed by atoms with Crippen molar-refractivity contribution in [3.63, 3.8) is 0 Å². The number of rotatable bonds is 8. The number of ketones is 1. The summed E-state index contributed by atoms with van der Waals surface area (Å²) in [7, 11) is 0.974. The van der Waals surface area contributed by atoms with E-state index in [1.807, 2.05) is 12.1 Å². The third-order valence-electron chi connectivity index (χ3n) is 4.11. The van der Waals surface area contributed by atoms with E-state index in [4.69, 9.17) is 9.47 Å². The molecule has 140 valence electrons. The summed E-state index contributed by atoms with van der Waals surface area (Å²) < 4.78 is 37.2. The van der Waals surface area contributed by atoms with E-state index in [0.717, 1.165) is 5.56 Å². The minimum atomic E-state index is -3.67. The minimum absolute atomic E-state index is 0.111. The molecule has 0 amide bonds. The van der Waals surface area contributed by atoms with Crippen molar-refractivity contribution in [2.45, 2.75) is 18.2 Å². The Bertz CT molecular complexity index is 893. The lowest BCUT2D eigenvalue weighted by Crippen LogP contribution is -2.29. The predicted molar refractivity (Wildman–Crippen MR) is 99.5 cm³/mol. The average molecular weight is 377 g/mol. The minimum Gasteiger partial charge on any atom is -0.493 e. The zero-order chi connectivity index (χ0) is 19.3. The maximum Gasteiger partial charge on any atom is 0.242 e. The molecule has 0 saturated carbocycles. The highest BCUT2D eigenvalue weighted by Crippen LogP contribution is 2.28. The van der Waals surface area contributed by atoms with Crippen LogP contribution in [-0.2, 0) is 16.4 Å². The molecule has 2 aromatic carbocycles. The fraction of sp³-hybridized carbons (Fsp3) is 0.316. The van der Waals surface area contributed by atoms with Crippen LogP contribution < -0.4 is 9.47 Å². The molecule has 0 unspecified atom stereocenters. The second-order valence-corrected chi connectivity index (χ2v) is 7.89. The lowest BCUT2D eigenvalue weighted by atomic mass is 10.1. The quantitative estimate of drug-likeness (QED) is 0.662. The summed E-state index contributed by atoms with van der Waals surface area (Å²) in [5.41, 5.74) is 1.31. The highest BCUT2D eigenvalue weighted by molar-refractivity contribution is 7.89. The molecule has 0 atom stereocenters. The van der Waals surface area contributed by atoms with Crippen LogP contribution in [0.1, 0.15) is 22.8 Å². The summed E-state index contributed by atoms with van der Waals surface area (Å²) >= 11 is 0. The summed E-state index contributed by atoms with van der Waals surface area (Å²) in [4.78, 5) is 11.6. The Morgan fingerprint density at radius 2 is 1.73 bits per heavy atom. The number of carbonyl (C=O) groups is 1. The molecule has 7 heteroatoms. The first-order chi connectivity index (χ1) is 12.3. The third-order valence-corrected chi connectivity index (χ3v) is 5.96. The highest BCUT2D eigenvalue weighted by Gasteiger charge is 2.21. The van der Waals surface area contributed by atoms with Gasteiger partial charge in [0.25, 0.3) is 0 Å². The Balaban J connectivity index is 2.15. The van der Waals surface area contributed by atoms with Gasteiger partial charge in [-0.05, 0) is 43.2 Å². The third kappa shape index (κ3) is 4.42. The number of likely N-dealkylation sites (N-methyl/N-ethyl adjacent to an activating group) is 1. The fourth-order valence-electron chi connectivity index (χ4n) is 2.50. The number of carbonyl (C=O) groups excluding carboxylic acids is 1. The monoisotopic (exact) mass is 377 g/mol. The molecular weight excluding hydrogens is 354 g/mol. The van der Waals surface area contributed by atoms with Crippen molar-refractivity contribution in [1.29, 1.82) is 0 Å². The molecule has 0 radical (unpaired) electrons. The van der Waals surface area contributed by atoms with Crippen molar-refractivity contribution in [3.05, 3.63) is 53.6 Å². The molecule has 2 rings (SSSR count). The second-order valence-electron chi connectivity index (χ2n) is 5.85. The van der Waals surface area contributed by atoms with Crippen molar-refractivity contribution < 1.29 is 22.7 Å². The van der Waals surface area contributed by atoms with Gasteiger partial charge in [-0.25, -0.2) is 12.7 Å². The van der Waals surface area contributed by atoms with Crippen LogP contribution in [0.15, 0.2) is 47.4 Å². The molecule has 0 N–H and O–H groups in total. The topological polar surface area (TPSA) is 72.9 Å².